The lowest BCUT2D eigenvalue weighted by atomic mass is 9.75. The van der Waals surface area contributed by atoms with Crippen LogP contribution in [0.15, 0.2) is 35.4 Å². The van der Waals surface area contributed by atoms with Crippen molar-refractivity contribution in [1.29, 1.82) is 5.26 Å². The van der Waals surface area contributed by atoms with Gasteiger partial charge in [-0.15, -0.1) is 0 Å². The molecule has 3 N–H and O–H groups in total. The Balaban J connectivity index is 1.36. The van der Waals surface area contributed by atoms with Gasteiger partial charge in [-0.25, -0.2) is 14.6 Å². The van der Waals surface area contributed by atoms with Gasteiger partial charge < -0.3 is 15.5 Å². The average molecular weight is 657 g/mol. The summed E-state index contributed by atoms with van der Waals surface area (Å²) in [5, 5.41) is 18.0. The standard InChI is InChI=1S/C31H32ClF3N8O3/c32-21-15-20(31(33,34)35)1-2-22(21)40-24(44)16-43-27(45)25-23(3-6-29(25)9-11-37-12-10-29)38-18-39-26(41-43)19-4-13-42(14-5-19)28(46)30(17-36)7-8-30/h1-2,4,15,18,37H,3,5-14,16H2,(H,40,44)(H,38,39,41). The Labute approximate surface area is 267 Å². The second-order valence-corrected chi connectivity index (χ2v) is 12.6. The molecule has 2 aliphatic heterocycles. The van der Waals surface area contributed by atoms with E-state index in [2.05, 4.69) is 31.8 Å². The highest BCUT2D eigenvalue weighted by molar-refractivity contribution is 6.33. The molecule has 1 aromatic carbocycles. The summed E-state index contributed by atoms with van der Waals surface area (Å²) >= 11 is 6.08. The maximum Gasteiger partial charge on any atom is 0.416 e. The third kappa shape index (κ3) is 6.13. The number of piperidine rings is 1. The summed E-state index contributed by atoms with van der Waals surface area (Å²) in [4.78, 5) is 51.3. The van der Waals surface area contributed by atoms with E-state index in [-0.39, 0.29) is 29.0 Å². The number of H-pyrrole nitrogens is 1. The number of nitriles is 1. The van der Waals surface area contributed by atoms with Crippen LogP contribution in [0, 0.1) is 16.7 Å². The van der Waals surface area contributed by atoms with E-state index in [1.54, 1.807) is 11.0 Å². The molecule has 1 saturated carbocycles. The van der Waals surface area contributed by atoms with Crippen LogP contribution in [0.1, 0.15) is 61.2 Å². The lowest BCUT2D eigenvalue weighted by Crippen LogP contribution is -2.43. The summed E-state index contributed by atoms with van der Waals surface area (Å²) in [7, 11) is 0. The maximum atomic E-state index is 14.4. The maximum absolute atomic E-state index is 14.4. The van der Waals surface area contributed by atoms with E-state index in [0.717, 1.165) is 50.6 Å². The van der Waals surface area contributed by atoms with E-state index in [0.29, 0.717) is 49.1 Å². The topological polar surface area (TPSA) is 149 Å². The number of rotatable bonds is 5. The fourth-order valence-electron chi connectivity index (χ4n) is 6.56. The van der Waals surface area contributed by atoms with E-state index >= 15 is 0 Å². The van der Waals surface area contributed by atoms with Gasteiger partial charge in [0.2, 0.25) is 11.8 Å². The zero-order chi connectivity index (χ0) is 32.7. The van der Waals surface area contributed by atoms with Crippen molar-refractivity contribution in [2.45, 2.75) is 63.1 Å². The molecular formula is C31H32ClF3N8O3. The average Bonchev–Trinajstić information content (AvgIpc) is 3.76. The summed E-state index contributed by atoms with van der Waals surface area (Å²) in [6.45, 7) is 1.54. The number of nitrogens with one attached hydrogen (secondary N) is 3. The van der Waals surface area contributed by atoms with Crippen LogP contribution >= 0.6 is 11.6 Å². The molecule has 2 aliphatic carbocycles. The number of benzene rings is 1. The first-order valence-electron chi connectivity index (χ1n) is 15.1. The van der Waals surface area contributed by atoms with Crippen molar-refractivity contribution in [3.05, 3.63) is 68.6 Å². The van der Waals surface area contributed by atoms with E-state index in [9.17, 15) is 32.8 Å². The van der Waals surface area contributed by atoms with Crippen LogP contribution in [0.25, 0.3) is 5.57 Å². The minimum atomic E-state index is -4.60. The van der Waals surface area contributed by atoms with Crippen molar-refractivity contribution in [3.8, 4) is 6.07 Å². The largest absolute Gasteiger partial charge is 0.416 e. The molecule has 0 bridgehead atoms. The number of alkyl halides is 3. The Morgan fingerprint density at radius 1 is 1.11 bits per heavy atom. The van der Waals surface area contributed by atoms with Crippen molar-refractivity contribution >= 4 is 34.7 Å². The Bertz CT molecular complexity index is 1760. The SMILES string of the molecule is N#CC1(C(=O)N2CC=C(c3ncnc4c(c(=O)n(CC(=O)Nc5ccc(C(F)(F)F)cc5Cl)[nH]3)C3(CCNCC3)CC4)CC2)CC1. The lowest BCUT2D eigenvalue weighted by Gasteiger charge is -2.33. The van der Waals surface area contributed by atoms with Crippen molar-refractivity contribution in [2.24, 2.45) is 5.41 Å². The molecule has 242 valence electrons. The second kappa shape index (κ2) is 12.2. The number of hydrogen-bond donors (Lipinski definition) is 3. The van der Waals surface area contributed by atoms with Crippen molar-refractivity contribution in [2.75, 3.05) is 31.5 Å². The quantitative estimate of drug-likeness (QED) is 0.442. The third-order valence-electron chi connectivity index (χ3n) is 9.37. The van der Waals surface area contributed by atoms with Crippen molar-refractivity contribution in [1.82, 2.24) is 30.0 Å². The molecule has 2 fully saturated rings. The lowest BCUT2D eigenvalue weighted by molar-refractivity contribution is -0.137. The third-order valence-corrected chi connectivity index (χ3v) is 9.68. The van der Waals surface area contributed by atoms with E-state index in [1.165, 1.54) is 11.0 Å². The van der Waals surface area contributed by atoms with E-state index < -0.39 is 40.6 Å². The number of aryl methyl sites for hydroxylation is 1. The van der Waals surface area contributed by atoms with Crippen molar-refractivity contribution in [3.63, 3.8) is 0 Å². The molecule has 46 heavy (non-hydrogen) atoms. The molecule has 0 radical (unpaired) electrons. The number of carbonyl (C=O) groups is 2. The van der Waals surface area contributed by atoms with Gasteiger partial charge in [-0.1, -0.05) is 17.7 Å². The van der Waals surface area contributed by atoms with Gasteiger partial charge in [-0.05, 0) is 81.8 Å². The number of anilines is 1. The van der Waals surface area contributed by atoms with Crippen LogP contribution in [0.4, 0.5) is 18.9 Å². The summed E-state index contributed by atoms with van der Waals surface area (Å²) < 4.78 is 40.6. The number of aromatic nitrogens is 4. The van der Waals surface area contributed by atoms with Gasteiger partial charge in [0.15, 0.2) is 0 Å². The minimum absolute atomic E-state index is 0.0326. The minimum Gasteiger partial charge on any atom is -0.337 e. The van der Waals surface area contributed by atoms with Crippen LogP contribution in [-0.2, 0) is 34.1 Å². The fourth-order valence-corrected chi connectivity index (χ4v) is 6.79. The Kier molecular flexibility index (Phi) is 8.41. The number of halogens is 4. The Hall–Kier alpha value is -4.22. The highest BCUT2D eigenvalue weighted by atomic mass is 35.5. The van der Waals surface area contributed by atoms with Crippen LogP contribution in [0.2, 0.25) is 5.02 Å². The summed E-state index contributed by atoms with van der Waals surface area (Å²) in [6, 6.07) is 4.74. The van der Waals surface area contributed by atoms with Gasteiger partial charge in [0.05, 0.1) is 28.0 Å². The van der Waals surface area contributed by atoms with Gasteiger partial charge >= 0.3 is 6.18 Å². The van der Waals surface area contributed by atoms with Gasteiger partial charge in [0, 0.05) is 24.1 Å². The number of amides is 2. The zero-order valence-corrected chi connectivity index (χ0v) is 25.6. The number of fused-ring (bicyclic) bond motifs is 2. The highest BCUT2D eigenvalue weighted by Gasteiger charge is 2.52. The molecule has 0 atom stereocenters. The molecule has 1 saturated heterocycles. The number of hydrogen-bond acceptors (Lipinski definition) is 7. The first kappa shape index (κ1) is 31.7. The smallest absolute Gasteiger partial charge is 0.337 e. The number of nitrogens with zero attached hydrogens (tertiary/aromatic N) is 5. The number of carbonyl (C=O) groups excluding carboxylic acids is 2. The normalized spacial score (nSPS) is 19.5. The molecule has 2 aromatic rings. The molecule has 3 heterocycles. The Morgan fingerprint density at radius 2 is 1.87 bits per heavy atom. The number of aromatic amines is 1. The fraction of sp³-hybridized carbons (Fsp3) is 0.484. The molecule has 11 nitrogen and oxygen atoms in total. The van der Waals surface area contributed by atoms with Crippen LogP contribution in [-0.4, -0.2) is 62.6 Å². The summed E-state index contributed by atoms with van der Waals surface area (Å²) in [6.07, 6.45) is 2.82. The molecule has 1 spiro atoms. The van der Waals surface area contributed by atoms with Crippen LogP contribution in [0.5, 0.6) is 0 Å². The Morgan fingerprint density at radius 3 is 2.50 bits per heavy atom. The molecule has 6 rings (SSSR count). The molecule has 2 amide bonds. The highest BCUT2D eigenvalue weighted by Crippen LogP contribution is 2.47. The predicted molar refractivity (Wildman–Crippen MR) is 162 cm³/mol. The van der Waals surface area contributed by atoms with Gasteiger partial charge in [0.1, 0.15) is 24.1 Å². The van der Waals surface area contributed by atoms with E-state index in [4.69, 9.17) is 11.6 Å². The first-order valence-corrected chi connectivity index (χ1v) is 15.5. The molecule has 1 aromatic heterocycles. The van der Waals surface area contributed by atoms with Gasteiger partial charge in [-0.2, -0.15) is 18.4 Å². The monoisotopic (exact) mass is 656 g/mol. The second-order valence-electron chi connectivity index (χ2n) is 12.2. The summed E-state index contributed by atoms with van der Waals surface area (Å²) in [5.41, 5.74) is -0.956. The van der Waals surface area contributed by atoms with Crippen molar-refractivity contribution < 1.29 is 22.8 Å². The predicted octanol–water partition coefficient (Wildman–Crippen LogP) is 3.89. The van der Waals surface area contributed by atoms with E-state index in [1.807, 2.05) is 0 Å². The van der Waals surface area contributed by atoms with Gasteiger partial charge in [-0.3, -0.25) is 19.5 Å². The summed E-state index contributed by atoms with van der Waals surface area (Å²) in [5.74, 6) is -0.617. The molecule has 0 unspecified atom stereocenters. The zero-order valence-electron chi connectivity index (χ0n) is 24.8. The molecule has 4 aliphatic rings. The van der Waals surface area contributed by atoms with Gasteiger partial charge in [0.25, 0.3) is 5.56 Å². The van der Waals surface area contributed by atoms with Crippen LogP contribution in [0.3, 0.4) is 0 Å². The van der Waals surface area contributed by atoms with Crippen LogP contribution < -0.4 is 16.2 Å². The molecule has 15 heteroatoms. The first-order chi connectivity index (χ1) is 21.9. The molecular weight excluding hydrogens is 625 g/mol.